The zero-order chi connectivity index (χ0) is 20.7. The predicted molar refractivity (Wildman–Crippen MR) is 108 cm³/mol. The van der Waals surface area contributed by atoms with Crippen molar-refractivity contribution >= 4 is 11.9 Å². The number of aryl methyl sites for hydroxylation is 1. The Morgan fingerprint density at radius 2 is 1.46 bits per heavy atom. The number of rotatable bonds is 8. The fraction of sp³-hybridized carbons (Fsp3) is 0.217. The van der Waals surface area contributed by atoms with Crippen molar-refractivity contribution in [3.63, 3.8) is 0 Å². The standard InChI is InChI=1S/C23H24O5/c1-15(2)22(24)27-13-12-26-20-9-6-18(7-10-20)19-8-11-21(17(5)14-19)28-23(25)16(3)4/h6-11,14H,1,3,12-13H2,2,4-5H3. The van der Waals surface area contributed by atoms with Gasteiger partial charge in [-0.15, -0.1) is 0 Å². The van der Waals surface area contributed by atoms with E-state index < -0.39 is 11.9 Å². The molecule has 0 aliphatic heterocycles. The van der Waals surface area contributed by atoms with E-state index in [-0.39, 0.29) is 13.2 Å². The first kappa shape index (κ1) is 21.0. The van der Waals surface area contributed by atoms with E-state index in [2.05, 4.69) is 13.2 Å². The molecule has 2 aromatic rings. The number of hydrogen-bond acceptors (Lipinski definition) is 5. The number of hydrogen-bond donors (Lipinski definition) is 0. The topological polar surface area (TPSA) is 61.8 Å². The van der Waals surface area contributed by atoms with E-state index in [0.717, 1.165) is 16.7 Å². The average Bonchev–Trinajstić information content (AvgIpc) is 2.66. The smallest absolute Gasteiger partial charge is 0.338 e. The van der Waals surface area contributed by atoms with Crippen LogP contribution in [0.4, 0.5) is 0 Å². The van der Waals surface area contributed by atoms with Crippen molar-refractivity contribution in [1.82, 2.24) is 0 Å². The van der Waals surface area contributed by atoms with E-state index in [1.165, 1.54) is 0 Å². The first-order valence-electron chi connectivity index (χ1n) is 8.82. The number of carbonyl (C=O) groups excluding carboxylic acids is 2. The lowest BCUT2D eigenvalue weighted by atomic mass is 10.0. The van der Waals surface area contributed by atoms with Crippen LogP contribution in [0.5, 0.6) is 11.5 Å². The molecule has 0 heterocycles. The van der Waals surface area contributed by atoms with E-state index in [4.69, 9.17) is 14.2 Å². The molecule has 0 bridgehead atoms. The van der Waals surface area contributed by atoms with Crippen molar-refractivity contribution in [3.05, 3.63) is 72.3 Å². The summed E-state index contributed by atoms with van der Waals surface area (Å²) in [6, 6.07) is 13.2. The quantitative estimate of drug-likeness (QED) is 0.289. The van der Waals surface area contributed by atoms with E-state index in [0.29, 0.717) is 22.6 Å². The normalized spacial score (nSPS) is 10.1. The third-order valence-corrected chi connectivity index (χ3v) is 3.85. The molecule has 0 radical (unpaired) electrons. The Kier molecular flexibility index (Phi) is 7.15. The maximum Gasteiger partial charge on any atom is 0.338 e. The summed E-state index contributed by atoms with van der Waals surface area (Å²) in [5.41, 5.74) is 3.57. The zero-order valence-electron chi connectivity index (χ0n) is 16.4. The van der Waals surface area contributed by atoms with Gasteiger partial charge in [-0.3, -0.25) is 0 Å². The van der Waals surface area contributed by atoms with E-state index >= 15 is 0 Å². The second-order valence-corrected chi connectivity index (χ2v) is 6.44. The second kappa shape index (κ2) is 9.55. The highest BCUT2D eigenvalue weighted by molar-refractivity contribution is 5.89. The molecule has 0 saturated carbocycles. The Bertz CT molecular complexity index is 894. The van der Waals surface area contributed by atoms with Crippen LogP contribution in [-0.4, -0.2) is 25.2 Å². The van der Waals surface area contributed by atoms with Crippen molar-refractivity contribution < 1.29 is 23.8 Å². The maximum absolute atomic E-state index is 11.7. The number of esters is 2. The summed E-state index contributed by atoms with van der Waals surface area (Å²) in [7, 11) is 0. The van der Waals surface area contributed by atoms with Gasteiger partial charge in [0.2, 0.25) is 0 Å². The highest BCUT2D eigenvalue weighted by Gasteiger charge is 2.09. The van der Waals surface area contributed by atoms with Gasteiger partial charge >= 0.3 is 11.9 Å². The lowest BCUT2D eigenvalue weighted by Gasteiger charge is -2.11. The molecule has 0 unspecified atom stereocenters. The minimum atomic E-state index is -0.439. The third-order valence-electron chi connectivity index (χ3n) is 3.85. The van der Waals surface area contributed by atoms with E-state index in [9.17, 15) is 9.59 Å². The van der Waals surface area contributed by atoms with Gasteiger partial charge in [-0.05, 0) is 61.7 Å². The lowest BCUT2D eigenvalue weighted by molar-refractivity contribution is -0.139. The Hall–Kier alpha value is -3.34. The van der Waals surface area contributed by atoms with Crippen LogP contribution in [-0.2, 0) is 14.3 Å². The maximum atomic E-state index is 11.7. The van der Waals surface area contributed by atoms with Gasteiger partial charge < -0.3 is 14.2 Å². The van der Waals surface area contributed by atoms with Gasteiger partial charge in [0.1, 0.15) is 24.7 Å². The fourth-order valence-corrected chi connectivity index (χ4v) is 2.29. The van der Waals surface area contributed by atoms with Crippen molar-refractivity contribution in [2.75, 3.05) is 13.2 Å². The molecule has 0 aromatic heterocycles. The summed E-state index contributed by atoms with van der Waals surface area (Å²) in [5.74, 6) is 0.331. The van der Waals surface area contributed by atoms with Crippen LogP contribution in [0.2, 0.25) is 0 Å². The molecule has 0 spiro atoms. The van der Waals surface area contributed by atoms with Gasteiger partial charge in [0, 0.05) is 11.1 Å². The van der Waals surface area contributed by atoms with Crippen LogP contribution in [0.25, 0.3) is 11.1 Å². The molecular formula is C23H24O5. The summed E-state index contributed by atoms with van der Waals surface area (Å²) in [6.07, 6.45) is 0. The van der Waals surface area contributed by atoms with Crippen LogP contribution in [0.3, 0.4) is 0 Å². The fourth-order valence-electron chi connectivity index (χ4n) is 2.29. The second-order valence-electron chi connectivity index (χ2n) is 6.44. The van der Waals surface area contributed by atoms with E-state index in [1.54, 1.807) is 19.9 Å². The first-order valence-corrected chi connectivity index (χ1v) is 8.82. The lowest BCUT2D eigenvalue weighted by Crippen LogP contribution is -2.12. The molecule has 0 N–H and O–H groups in total. The van der Waals surface area contributed by atoms with Crippen molar-refractivity contribution in [2.24, 2.45) is 0 Å². The Morgan fingerprint density at radius 1 is 0.857 bits per heavy atom. The summed E-state index contributed by atoms with van der Waals surface area (Å²) < 4.78 is 15.8. The van der Waals surface area contributed by atoms with Crippen LogP contribution in [0.1, 0.15) is 19.4 Å². The SMILES string of the molecule is C=C(C)C(=O)OCCOc1ccc(-c2ccc(OC(=O)C(=C)C)c(C)c2)cc1. The van der Waals surface area contributed by atoms with Crippen LogP contribution >= 0.6 is 0 Å². The number of benzene rings is 2. The Balaban J connectivity index is 1.96. The average molecular weight is 380 g/mol. The predicted octanol–water partition coefficient (Wildman–Crippen LogP) is 4.64. The number of ether oxygens (including phenoxy) is 3. The largest absolute Gasteiger partial charge is 0.490 e. The van der Waals surface area contributed by atoms with Crippen molar-refractivity contribution in [2.45, 2.75) is 20.8 Å². The highest BCUT2D eigenvalue weighted by Crippen LogP contribution is 2.28. The highest BCUT2D eigenvalue weighted by atomic mass is 16.6. The molecule has 28 heavy (non-hydrogen) atoms. The minimum absolute atomic E-state index is 0.164. The molecule has 0 atom stereocenters. The zero-order valence-corrected chi connectivity index (χ0v) is 16.4. The van der Waals surface area contributed by atoms with E-state index in [1.807, 2.05) is 43.3 Å². The molecule has 2 rings (SSSR count). The molecule has 146 valence electrons. The van der Waals surface area contributed by atoms with Crippen LogP contribution in [0.15, 0.2) is 66.8 Å². The Morgan fingerprint density at radius 3 is 2.04 bits per heavy atom. The summed E-state index contributed by atoms with van der Waals surface area (Å²) >= 11 is 0. The summed E-state index contributed by atoms with van der Waals surface area (Å²) in [5, 5.41) is 0. The van der Waals surface area contributed by atoms with Gasteiger partial charge in [0.15, 0.2) is 0 Å². The van der Waals surface area contributed by atoms with Gasteiger partial charge in [-0.25, -0.2) is 9.59 Å². The van der Waals surface area contributed by atoms with Crippen molar-refractivity contribution in [3.8, 4) is 22.6 Å². The summed E-state index contributed by atoms with van der Waals surface area (Å²) in [4.78, 5) is 23.0. The molecule has 0 aliphatic carbocycles. The van der Waals surface area contributed by atoms with Crippen molar-refractivity contribution in [1.29, 1.82) is 0 Å². The number of carbonyl (C=O) groups is 2. The van der Waals surface area contributed by atoms with Gasteiger partial charge in [-0.2, -0.15) is 0 Å². The van der Waals surface area contributed by atoms with Gasteiger partial charge in [0.25, 0.3) is 0 Å². The first-order chi connectivity index (χ1) is 13.3. The van der Waals surface area contributed by atoms with Crippen LogP contribution < -0.4 is 9.47 Å². The Labute approximate surface area is 165 Å². The monoisotopic (exact) mass is 380 g/mol. The molecule has 5 nitrogen and oxygen atoms in total. The molecular weight excluding hydrogens is 356 g/mol. The summed E-state index contributed by atoms with van der Waals surface area (Å²) in [6.45, 7) is 12.6. The molecule has 0 fully saturated rings. The van der Waals surface area contributed by atoms with Crippen LogP contribution in [0, 0.1) is 6.92 Å². The molecule has 0 saturated heterocycles. The minimum Gasteiger partial charge on any atom is -0.490 e. The molecule has 0 amide bonds. The molecule has 0 aliphatic rings. The van der Waals surface area contributed by atoms with Gasteiger partial charge in [0.05, 0.1) is 0 Å². The van der Waals surface area contributed by atoms with Gasteiger partial charge in [-0.1, -0.05) is 31.4 Å². The third kappa shape index (κ3) is 5.84. The molecule has 2 aromatic carbocycles. The molecule has 5 heteroatoms.